The van der Waals surface area contributed by atoms with Crippen molar-refractivity contribution >= 4 is 17.6 Å². The summed E-state index contributed by atoms with van der Waals surface area (Å²) in [7, 11) is 0. The van der Waals surface area contributed by atoms with Crippen molar-refractivity contribution < 1.29 is 19.8 Å². The minimum Gasteiger partial charge on any atom is -0.481 e. The summed E-state index contributed by atoms with van der Waals surface area (Å²) in [5.41, 5.74) is 1.36. The van der Waals surface area contributed by atoms with Crippen LogP contribution < -0.4 is 4.90 Å². The van der Waals surface area contributed by atoms with Gasteiger partial charge >= 0.3 is 11.9 Å². The zero-order valence-electron chi connectivity index (χ0n) is 11.1. The van der Waals surface area contributed by atoms with E-state index >= 15 is 0 Å². The van der Waals surface area contributed by atoms with Crippen LogP contribution >= 0.6 is 0 Å². The molecule has 6 heteroatoms. The fraction of sp³-hybridized carbons (Fsp3) is 0.357. The average Bonchev–Trinajstić information content (AvgIpc) is 2.38. The number of anilines is 1. The molecule has 0 radical (unpaired) electrons. The van der Waals surface area contributed by atoms with Crippen LogP contribution in [0.25, 0.3) is 0 Å². The second kappa shape index (κ2) is 7.14. The van der Waals surface area contributed by atoms with Crippen molar-refractivity contribution in [2.24, 2.45) is 5.92 Å². The van der Waals surface area contributed by atoms with Crippen LogP contribution in [0.4, 0.5) is 5.69 Å². The second-order valence-corrected chi connectivity index (χ2v) is 4.51. The van der Waals surface area contributed by atoms with Gasteiger partial charge in [0.05, 0.1) is 18.4 Å². The monoisotopic (exact) mass is 276 g/mol. The number of nitriles is 1. The lowest BCUT2D eigenvalue weighted by atomic mass is 10.1. The number of aliphatic carboxylic acids is 2. The molecule has 0 aliphatic heterocycles. The standard InChI is InChI=1S/C14H16N2O4/c1-10(14(19)20)9-16(7-6-15)12-4-2-11(3-5-12)8-13(17)18/h2-5,10H,7-9H2,1H3,(H,17,18)(H,19,20). The summed E-state index contributed by atoms with van der Waals surface area (Å²) in [4.78, 5) is 23.1. The lowest BCUT2D eigenvalue weighted by Crippen LogP contribution is -2.32. The summed E-state index contributed by atoms with van der Waals surface area (Å²) in [6.07, 6.45) is -0.0654. The quantitative estimate of drug-likeness (QED) is 0.729. The Morgan fingerprint density at radius 3 is 2.35 bits per heavy atom. The highest BCUT2D eigenvalue weighted by molar-refractivity contribution is 5.71. The van der Waals surface area contributed by atoms with Gasteiger partial charge in [-0.15, -0.1) is 0 Å². The first-order valence-electron chi connectivity index (χ1n) is 6.09. The normalized spacial score (nSPS) is 11.4. The molecule has 1 unspecified atom stereocenters. The van der Waals surface area contributed by atoms with E-state index in [0.717, 1.165) is 0 Å². The molecule has 2 N–H and O–H groups in total. The van der Waals surface area contributed by atoms with Crippen LogP contribution in [0.2, 0.25) is 0 Å². The highest BCUT2D eigenvalue weighted by atomic mass is 16.4. The van der Waals surface area contributed by atoms with E-state index in [9.17, 15) is 9.59 Å². The first kappa shape index (κ1) is 15.5. The number of nitrogens with zero attached hydrogens (tertiary/aromatic N) is 2. The van der Waals surface area contributed by atoms with E-state index in [1.165, 1.54) is 0 Å². The van der Waals surface area contributed by atoms with Crippen molar-refractivity contribution in [3.05, 3.63) is 29.8 Å². The molecule has 1 atom stereocenters. The van der Waals surface area contributed by atoms with Gasteiger partial charge in [0, 0.05) is 12.2 Å². The fourth-order valence-corrected chi connectivity index (χ4v) is 1.75. The van der Waals surface area contributed by atoms with E-state index in [2.05, 4.69) is 0 Å². The molecule has 0 bridgehead atoms. The van der Waals surface area contributed by atoms with E-state index in [1.54, 1.807) is 36.1 Å². The summed E-state index contributed by atoms with van der Waals surface area (Å²) >= 11 is 0. The van der Waals surface area contributed by atoms with Crippen LogP contribution in [0, 0.1) is 17.2 Å². The molecule has 1 aromatic carbocycles. The zero-order chi connectivity index (χ0) is 15.1. The third kappa shape index (κ3) is 4.61. The maximum Gasteiger partial charge on any atom is 0.308 e. The van der Waals surface area contributed by atoms with Gasteiger partial charge in [-0.2, -0.15) is 5.26 Å². The summed E-state index contributed by atoms with van der Waals surface area (Å²) < 4.78 is 0. The van der Waals surface area contributed by atoms with Crippen LogP contribution in [0.1, 0.15) is 12.5 Å². The zero-order valence-corrected chi connectivity index (χ0v) is 11.1. The summed E-state index contributed by atoms with van der Waals surface area (Å²) in [6.45, 7) is 1.88. The predicted octanol–water partition coefficient (Wildman–Crippen LogP) is 1.36. The summed E-state index contributed by atoms with van der Waals surface area (Å²) in [5.74, 6) is -2.43. The topological polar surface area (TPSA) is 102 Å². The Morgan fingerprint density at radius 2 is 1.90 bits per heavy atom. The molecule has 6 nitrogen and oxygen atoms in total. The third-order valence-corrected chi connectivity index (χ3v) is 2.83. The molecule has 20 heavy (non-hydrogen) atoms. The molecule has 106 valence electrons. The Kier molecular flexibility index (Phi) is 5.54. The highest BCUT2D eigenvalue weighted by Crippen LogP contribution is 2.17. The summed E-state index contributed by atoms with van der Waals surface area (Å²) in [6, 6.07) is 8.73. The number of benzene rings is 1. The Bertz CT molecular complexity index is 519. The number of carboxylic acids is 2. The van der Waals surface area contributed by atoms with Gasteiger partial charge in [-0.25, -0.2) is 0 Å². The van der Waals surface area contributed by atoms with Crippen LogP contribution in [0.15, 0.2) is 24.3 Å². The Labute approximate surface area is 116 Å². The molecule has 0 amide bonds. The van der Waals surface area contributed by atoms with Crippen molar-refractivity contribution in [3.63, 3.8) is 0 Å². The van der Waals surface area contributed by atoms with Gasteiger partial charge in [0.1, 0.15) is 6.54 Å². The van der Waals surface area contributed by atoms with Crippen LogP contribution in [-0.2, 0) is 16.0 Å². The van der Waals surface area contributed by atoms with Gasteiger partial charge < -0.3 is 15.1 Å². The minimum absolute atomic E-state index is 0.0654. The lowest BCUT2D eigenvalue weighted by Gasteiger charge is -2.23. The number of carboxylic acid groups (broad SMARTS) is 2. The van der Waals surface area contributed by atoms with E-state index < -0.39 is 17.9 Å². The van der Waals surface area contributed by atoms with Crippen LogP contribution in [-0.4, -0.2) is 35.2 Å². The lowest BCUT2D eigenvalue weighted by molar-refractivity contribution is -0.141. The van der Waals surface area contributed by atoms with Crippen molar-refractivity contribution in [3.8, 4) is 6.07 Å². The first-order chi connectivity index (χ1) is 9.43. The molecule has 1 aromatic rings. The van der Waals surface area contributed by atoms with E-state index in [4.69, 9.17) is 15.5 Å². The maximum absolute atomic E-state index is 10.9. The number of rotatable bonds is 7. The van der Waals surface area contributed by atoms with Crippen molar-refractivity contribution in [1.29, 1.82) is 5.26 Å². The van der Waals surface area contributed by atoms with E-state index in [0.29, 0.717) is 11.3 Å². The highest BCUT2D eigenvalue weighted by Gasteiger charge is 2.16. The maximum atomic E-state index is 10.9. The molecule has 0 saturated carbocycles. The minimum atomic E-state index is -0.921. The SMILES string of the molecule is CC(CN(CC#N)c1ccc(CC(=O)O)cc1)C(=O)O. The van der Waals surface area contributed by atoms with Gasteiger partial charge in [-0.05, 0) is 17.7 Å². The fourth-order valence-electron chi connectivity index (χ4n) is 1.75. The first-order valence-corrected chi connectivity index (χ1v) is 6.09. The number of hydrogen-bond acceptors (Lipinski definition) is 4. The number of hydrogen-bond donors (Lipinski definition) is 2. The smallest absolute Gasteiger partial charge is 0.308 e. The Hall–Kier alpha value is -2.55. The van der Waals surface area contributed by atoms with Crippen molar-refractivity contribution in [2.45, 2.75) is 13.3 Å². The van der Waals surface area contributed by atoms with Gasteiger partial charge in [0.15, 0.2) is 0 Å². The molecule has 0 aliphatic rings. The Balaban J connectivity index is 2.84. The van der Waals surface area contributed by atoms with E-state index in [-0.39, 0.29) is 19.5 Å². The van der Waals surface area contributed by atoms with Crippen LogP contribution in [0.5, 0.6) is 0 Å². The third-order valence-electron chi connectivity index (χ3n) is 2.83. The van der Waals surface area contributed by atoms with Gasteiger partial charge in [-0.1, -0.05) is 19.1 Å². The van der Waals surface area contributed by atoms with Gasteiger partial charge in [-0.3, -0.25) is 9.59 Å². The second-order valence-electron chi connectivity index (χ2n) is 4.51. The molecule has 0 aliphatic carbocycles. The van der Waals surface area contributed by atoms with Gasteiger partial charge in [0.2, 0.25) is 0 Å². The molecule has 1 rings (SSSR count). The van der Waals surface area contributed by atoms with Crippen LogP contribution in [0.3, 0.4) is 0 Å². The molecule has 0 heterocycles. The number of carbonyl (C=O) groups is 2. The van der Waals surface area contributed by atoms with E-state index in [1.807, 2.05) is 6.07 Å². The molecular weight excluding hydrogens is 260 g/mol. The Morgan fingerprint density at radius 1 is 1.30 bits per heavy atom. The van der Waals surface area contributed by atoms with Gasteiger partial charge in [0.25, 0.3) is 0 Å². The largest absolute Gasteiger partial charge is 0.481 e. The average molecular weight is 276 g/mol. The molecule has 0 spiro atoms. The summed E-state index contributed by atoms with van der Waals surface area (Å²) in [5, 5.41) is 26.4. The molecular formula is C14H16N2O4. The molecule has 0 fully saturated rings. The molecule has 0 aromatic heterocycles. The predicted molar refractivity (Wildman–Crippen MR) is 72.4 cm³/mol. The van der Waals surface area contributed by atoms with Crippen molar-refractivity contribution in [2.75, 3.05) is 18.0 Å². The molecule has 0 saturated heterocycles. The van der Waals surface area contributed by atoms with Crippen molar-refractivity contribution in [1.82, 2.24) is 0 Å².